The molecule has 1 aromatic heterocycles. The van der Waals surface area contributed by atoms with Crippen LogP contribution in [0.5, 0.6) is 0 Å². The Hall–Kier alpha value is -1.72. The average Bonchev–Trinajstić information content (AvgIpc) is 3.09. The molecule has 112 valence electrons. The van der Waals surface area contributed by atoms with E-state index in [4.69, 9.17) is 0 Å². The lowest BCUT2D eigenvalue weighted by molar-refractivity contribution is 0.271. The van der Waals surface area contributed by atoms with Gasteiger partial charge in [0.1, 0.15) is 5.82 Å². The van der Waals surface area contributed by atoms with Gasteiger partial charge in [-0.1, -0.05) is 30.3 Å². The van der Waals surface area contributed by atoms with E-state index < -0.39 is 0 Å². The monoisotopic (exact) mass is 285 g/mol. The van der Waals surface area contributed by atoms with Crippen LogP contribution in [0.2, 0.25) is 0 Å². The molecule has 5 heteroatoms. The van der Waals surface area contributed by atoms with Crippen molar-refractivity contribution in [2.75, 3.05) is 20.1 Å². The summed E-state index contributed by atoms with van der Waals surface area (Å²) in [5.41, 5.74) is 1.05. The maximum Gasteiger partial charge on any atom is 0.181 e. The minimum atomic E-state index is 0.651. The number of nitrogens with one attached hydrogen (secondary N) is 2. The largest absolute Gasteiger partial charge is 0.314 e. The molecule has 3 rings (SSSR count). The van der Waals surface area contributed by atoms with E-state index in [1.807, 2.05) is 30.3 Å². The number of nitrogens with zero attached hydrogens (tertiary/aromatic N) is 3. The number of benzene rings is 1. The fourth-order valence-electron chi connectivity index (χ4n) is 3.02. The van der Waals surface area contributed by atoms with Gasteiger partial charge in [-0.25, -0.2) is 4.98 Å². The van der Waals surface area contributed by atoms with Gasteiger partial charge in [0.15, 0.2) is 5.82 Å². The number of aromatic nitrogens is 3. The maximum absolute atomic E-state index is 4.59. The topological polar surface area (TPSA) is 56.8 Å². The summed E-state index contributed by atoms with van der Waals surface area (Å²) in [5, 5.41) is 10.9. The van der Waals surface area contributed by atoms with Crippen LogP contribution in [0, 0.1) is 5.92 Å². The summed E-state index contributed by atoms with van der Waals surface area (Å²) < 4.78 is 0. The van der Waals surface area contributed by atoms with Gasteiger partial charge in [-0.15, -0.1) is 0 Å². The molecule has 2 N–H and O–H groups in total. The van der Waals surface area contributed by atoms with E-state index in [9.17, 15) is 0 Å². The van der Waals surface area contributed by atoms with Crippen molar-refractivity contribution in [1.29, 1.82) is 0 Å². The van der Waals surface area contributed by atoms with E-state index in [1.165, 1.54) is 6.42 Å². The van der Waals surface area contributed by atoms with Crippen molar-refractivity contribution in [3.63, 3.8) is 0 Å². The first kappa shape index (κ1) is 14.2. The molecule has 5 nitrogen and oxygen atoms in total. The zero-order valence-electron chi connectivity index (χ0n) is 12.7. The Labute approximate surface area is 125 Å². The third-order valence-corrected chi connectivity index (χ3v) is 4.00. The van der Waals surface area contributed by atoms with Crippen molar-refractivity contribution in [1.82, 2.24) is 25.4 Å². The lowest BCUT2D eigenvalue weighted by Crippen LogP contribution is -2.27. The minimum Gasteiger partial charge on any atom is -0.314 e. The molecule has 0 radical (unpaired) electrons. The molecule has 2 unspecified atom stereocenters. The van der Waals surface area contributed by atoms with Crippen LogP contribution in [0.15, 0.2) is 30.3 Å². The van der Waals surface area contributed by atoms with E-state index >= 15 is 0 Å². The number of rotatable bonds is 5. The van der Waals surface area contributed by atoms with Crippen LogP contribution in [0.4, 0.5) is 0 Å². The molecule has 21 heavy (non-hydrogen) atoms. The summed E-state index contributed by atoms with van der Waals surface area (Å²) in [6, 6.07) is 10.7. The Kier molecular flexibility index (Phi) is 4.31. The SMILES string of the molecule is CC1CC(CN(C)Cc2nc(-c3ccccc3)n[nH]2)CN1. The van der Waals surface area contributed by atoms with Gasteiger partial charge in [0.05, 0.1) is 6.54 Å². The second kappa shape index (κ2) is 6.37. The Morgan fingerprint density at radius 2 is 2.10 bits per heavy atom. The van der Waals surface area contributed by atoms with Crippen LogP contribution in [0.1, 0.15) is 19.2 Å². The first-order valence-electron chi connectivity index (χ1n) is 7.59. The first-order chi connectivity index (χ1) is 10.2. The molecular weight excluding hydrogens is 262 g/mol. The fraction of sp³-hybridized carbons (Fsp3) is 0.500. The fourth-order valence-corrected chi connectivity index (χ4v) is 3.02. The van der Waals surface area contributed by atoms with Gasteiger partial charge in [-0.05, 0) is 32.9 Å². The molecule has 0 spiro atoms. The zero-order valence-corrected chi connectivity index (χ0v) is 12.7. The quantitative estimate of drug-likeness (QED) is 0.881. The molecule has 1 aromatic carbocycles. The lowest BCUT2D eigenvalue weighted by Gasteiger charge is -2.18. The molecule has 1 saturated heterocycles. The van der Waals surface area contributed by atoms with E-state index in [0.29, 0.717) is 6.04 Å². The highest BCUT2D eigenvalue weighted by atomic mass is 15.2. The molecule has 0 bridgehead atoms. The molecule has 0 saturated carbocycles. The normalized spacial score (nSPS) is 22.0. The van der Waals surface area contributed by atoms with Crippen molar-refractivity contribution < 1.29 is 0 Å². The number of hydrogen-bond acceptors (Lipinski definition) is 4. The van der Waals surface area contributed by atoms with E-state index in [2.05, 4.69) is 39.4 Å². The average molecular weight is 285 g/mol. The number of aromatic amines is 1. The Morgan fingerprint density at radius 1 is 1.29 bits per heavy atom. The van der Waals surface area contributed by atoms with Crippen LogP contribution in [-0.2, 0) is 6.54 Å². The molecule has 2 aromatic rings. The highest BCUT2D eigenvalue weighted by Crippen LogP contribution is 2.16. The van der Waals surface area contributed by atoms with E-state index in [-0.39, 0.29) is 0 Å². The van der Waals surface area contributed by atoms with Crippen molar-refractivity contribution in [3.8, 4) is 11.4 Å². The molecule has 1 fully saturated rings. The molecule has 1 aliphatic heterocycles. The predicted octanol–water partition coefficient (Wildman–Crippen LogP) is 1.90. The second-order valence-electron chi connectivity index (χ2n) is 6.08. The smallest absolute Gasteiger partial charge is 0.181 e. The van der Waals surface area contributed by atoms with Gasteiger partial charge >= 0.3 is 0 Å². The van der Waals surface area contributed by atoms with Crippen LogP contribution >= 0.6 is 0 Å². The summed E-state index contributed by atoms with van der Waals surface area (Å²) in [4.78, 5) is 6.91. The van der Waals surface area contributed by atoms with E-state index in [0.717, 1.165) is 42.8 Å². The summed E-state index contributed by atoms with van der Waals surface area (Å²) in [7, 11) is 2.15. The molecule has 0 aliphatic carbocycles. The number of H-pyrrole nitrogens is 1. The van der Waals surface area contributed by atoms with Crippen molar-refractivity contribution in [2.45, 2.75) is 25.9 Å². The van der Waals surface area contributed by atoms with Gasteiger partial charge in [0.2, 0.25) is 0 Å². The molecular formula is C16H23N5. The van der Waals surface area contributed by atoms with Crippen LogP contribution in [-0.4, -0.2) is 46.3 Å². The summed E-state index contributed by atoms with van der Waals surface area (Å²) in [6.07, 6.45) is 1.26. The maximum atomic E-state index is 4.59. The summed E-state index contributed by atoms with van der Waals surface area (Å²) in [6.45, 7) is 5.28. The number of hydrogen-bond donors (Lipinski definition) is 2. The van der Waals surface area contributed by atoms with Gasteiger partial charge < -0.3 is 5.32 Å². The van der Waals surface area contributed by atoms with Crippen LogP contribution in [0.25, 0.3) is 11.4 Å². The molecule has 0 amide bonds. The molecule has 2 heterocycles. The zero-order chi connectivity index (χ0) is 14.7. The predicted molar refractivity (Wildman–Crippen MR) is 83.7 cm³/mol. The summed E-state index contributed by atoms with van der Waals surface area (Å²) >= 11 is 0. The standard InChI is InChI=1S/C16H23N5/c1-12-8-13(9-17-12)10-21(2)11-15-18-16(20-19-15)14-6-4-3-5-7-14/h3-7,12-13,17H,8-11H2,1-2H3,(H,18,19,20). The van der Waals surface area contributed by atoms with Gasteiger partial charge in [-0.2, -0.15) is 5.10 Å². The first-order valence-corrected chi connectivity index (χ1v) is 7.59. The van der Waals surface area contributed by atoms with Gasteiger partial charge in [0.25, 0.3) is 0 Å². The van der Waals surface area contributed by atoms with Crippen molar-refractivity contribution >= 4 is 0 Å². The Balaban J connectivity index is 1.57. The van der Waals surface area contributed by atoms with Crippen LogP contribution in [0.3, 0.4) is 0 Å². The Morgan fingerprint density at radius 3 is 2.81 bits per heavy atom. The van der Waals surface area contributed by atoms with Crippen LogP contribution < -0.4 is 5.32 Å². The van der Waals surface area contributed by atoms with E-state index in [1.54, 1.807) is 0 Å². The van der Waals surface area contributed by atoms with Crippen molar-refractivity contribution in [3.05, 3.63) is 36.2 Å². The lowest BCUT2D eigenvalue weighted by atomic mass is 10.1. The summed E-state index contributed by atoms with van der Waals surface area (Å²) in [5.74, 6) is 2.44. The Bertz CT molecular complexity index is 565. The third-order valence-electron chi connectivity index (χ3n) is 4.00. The molecule has 2 atom stereocenters. The third kappa shape index (κ3) is 3.68. The highest BCUT2D eigenvalue weighted by molar-refractivity contribution is 5.53. The minimum absolute atomic E-state index is 0.651. The van der Waals surface area contributed by atoms with Crippen molar-refractivity contribution in [2.24, 2.45) is 5.92 Å². The highest BCUT2D eigenvalue weighted by Gasteiger charge is 2.22. The van der Waals surface area contributed by atoms with Gasteiger partial charge in [-0.3, -0.25) is 10.00 Å². The second-order valence-corrected chi connectivity index (χ2v) is 6.08. The van der Waals surface area contributed by atoms with Gasteiger partial charge in [0, 0.05) is 18.2 Å². The molecule has 1 aliphatic rings.